The van der Waals surface area contributed by atoms with Gasteiger partial charge in [0, 0.05) is 17.0 Å². The van der Waals surface area contributed by atoms with E-state index in [1.807, 2.05) is 12.1 Å². The molecule has 2 aromatic carbocycles. The van der Waals surface area contributed by atoms with Gasteiger partial charge in [-0.2, -0.15) is 0 Å². The summed E-state index contributed by atoms with van der Waals surface area (Å²) < 4.78 is 24.1. The van der Waals surface area contributed by atoms with Crippen molar-refractivity contribution in [3.63, 3.8) is 0 Å². The van der Waals surface area contributed by atoms with Crippen molar-refractivity contribution in [3.8, 4) is 0 Å². The van der Waals surface area contributed by atoms with E-state index in [0.717, 1.165) is 5.39 Å². The zero-order valence-electron chi connectivity index (χ0n) is 9.06. The van der Waals surface area contributed by atoms with Crippen LogP contribution in [-0.4, -0.2) is 20.1 Å². The summed E-state index contributed by atoms with van der Waals surface area (Å²) >= 11 is 5.51. The van der Waals surface area contributed by atoms with Gasteiger partial charge >= 0.3 is 0 Å². The van der Waals surface area contributed by atoms with Crippen LogP contribution in [0.15, 0.2) is 41.3 Å². The molecule has 0 unspecified atom stereocenters. The van der Waals surface area contributed by atoms with Crippen LogP contribution in [0.2, 0.25) is 0 Å². The highest BCUT2D eigenvalue weighted by Crippen LogP contribution is 2.25. The van der Waals surface area contributed by atoms with E-state index in [1.165, 1.54) is 0 Å². The van der Waals surface area contributed by atoms with Crippen LogP contribution in [0.4, 0.5) is 5.69 Å². The van der Waals surface area contributed by atoms with Gasteiger partial charge in [-0.3, -0.25) is 0 Å². The van der Waals surface area contributed by atoms with E-state index in [9.17, 15) is 8.42 Å². The molecule has 0 fully saturated rings. The molecule has 0 aliphatic rings. The number of halogens is 1. The van der Waals surface area contributed by atoms with Gasteiger partial charge in [0.2, 0.25) is 0 Å². The Kier molecular flexibility index (Phi) is 3.26. The van der Waals surface area contributed by atoms with Crippen LogP contribution in [0.3, 0.4) is 0 Å². The van der Waals surface area contributed by atoms with Crippen molar-refractivity contribution in [3.05, 3.63) is 36.4 Å². The van der Waals surface area contributed by atoms with Gasteiger partial charge in [-0.1, -0.05) is 18.2 Å². The number of hydrogen-bond acceptors (Lipinski definition) is 3. The largest absolute Gasteiger partial charge is 0.399 e. The van der Waals surface area contributed by atoms with E-state index in [2.05, 4.69) is 0 Å². The van der Waals surface area contributed by atoms with Crippen molar-refractivity contribution in [2.24, 2.45) is 0 Å². The standard InChI is InChI=1S/C12H12ClNO2S/c13-6-7-17(15,16)12-3-1-2-9-4-5-10(14)8-11(9)12/h1-5,8H,6-7,14H2. The number of anilines is 1. The summed E-state index contributed by atoms with van der Waals surface area (Å²) in [7, 11) is -3.34. The highest BCUT2D eigenvalue weighted by Gasteiger charge is 2.16. The molecule has 17 heavy (non-hydrogen) atoms. The molecular weight excluding hydrogens is 258 g/mol. The van der Waals surface area contributed by atoms with Gasteiger partial charge in [-0.05, 0) is 23.6 Å². The maximum Gasteiger partial charge on any atom is 0.180 e. The van der Waals surface area contributed by atoms with E-state index in [-0.39, 0.29) is 11.6 Å². The molecule has 3 nitrogen and oxygen atoms in total. The number of hydrogen-bond donors (Lipinski definition) is 1. The number of fused-ring (bicyclic) bond motifs is 1. The van der Waals surface area contributed by atoms with Gasteiger partial charge in [0.05, 0.1) is 10.6 Å². The van der Waals surface area contributed by atoms with E-state index < -0.39 is 9.84 Å². The molecule has 2 N–H and O–H groups in total. The molecule has 2 rings (SSSR count). The average Bonchev–Trinajstić information content (AvgIpc) is 2.28. The van der Waals surface area contributed by atoms with Gasteiger partial charge in [0.25, 0.3) is 0 Å². The SMILES string of the molecule is Nc1ccc2cccc(S(=O)(=O)CCCl)c2c1. The van der Waals surface area contributed by atoms with Crippen LogP contribution in [0.25, 0.3) is 10.8 Å². The minimum absolute atomic E-state index is 0.0670. The van der Waals surface area contributed by atoms with Crippen LogP contribution >= 0.6 is 11.6 Å². The Morgan fingerprint density at radius 3 is 2.65 bits per heavy atom. The maximum atomic E-state index is 12.0. The lowest BCUT2D eigenvalue weighted by molar-refractivity contribution is 0.598. The summed E-state index contributed by atoms with van der Waals surface area (Å²) in [6.45, 7) is 0. The third-order valence-corrected chi connectivity index (χ3v) is 4.73. The second kappa shape index (κ2) is 4.55. The van der Waals surface area contributed by atoms with Crippen LogP contribution in [0, 0.1) is 0 Å². The number of sulfone groups is 1. The molecule has 90 valence electrons. The number of nitrogen functional groups attached to an aromatic ring is 1. The molecular formula is C12H12ClNO2S. The van der Waals surface area contributed by atoms with E-state index in [4.69, 9.17) is 17.3 Å². The lowest BCUT2D eigenvalue weighted by Crippen LogP contribution is -2.08. The molecule has 0 aliphatic heterocycles. The smallest absolute Gasteiger partial charge is 0.180 e. The van der Waals surface area contributed by atoms with E-state index in [1.54, 1.807) is 24.3 Å². The first-order chi connectivity index (χ1) is 8.04. The second-order valence-electron chi connectivity index (χ2n) is 3.74. The van der Waals surface area contributed by atoms with E-state index in [0.29, 0.717) is 16.0 Å². The minimum Gasteiger partial charge on any atom is -0.399 e. The Bertz CT molecular complexity index is 653. The summed E-state index contributed by atoms with van der Waals surface area (Å²) in [5, 5.41) is 1.51. The summed E-state index contributed by atoms with van der Waals surface area (Å²) in [5.74, 6) is 0.0174. The first-order valence-electron chi connectivity index (χ1n) is 5.11. The predicted molar refractivity (Wildman–Crippen MR) is 71.1 cm³/mol. The number of rotatable bonds is 3. The predicted octanol–water partition coefficient (Wildman–Crippen LogP) is 2.43. The van der Waals surface area contributed by atoms with Gasteiger partial charge < -0.3 is 5.73 Å². The minimum atomic E-state index is -3.34. The van der Waals surface area contributed by atoms with Crippen LogP contribution in [0.5, 0.6) is 0 Å². The van der Waals surface area contributed by atoms with Crippen LogP contribution in [-0.2, 0) is 9.84 Å². The van der Waals surface area contributed by atoms with Crippen LogP contribution in [0.1, 0.15) is 0 Å². The van der Waals surface area contributed by atoms with Gasteiger partial charge in [-0.15, -0.1) is 11.6 Å². The van der Waals surface area contributed by atoms with Crippen molar-refractivity contribution in [1.29, 1.82) is 0 Å². The Labute approximate surface area is 105 Å². The van der Waals surface area contributed by atoms with Crippen LogP contribution < -0.4 is 5.73 Å². The molecule has 0 bridgehead atoms. The van der Waals surface area contributed by atoms with Gasteiger partial charge in [0.1, 0.15) is 0 Å². The molecule has 0 saturated carbocycles. The van der Waals surface area contributed by atoms with Crippen molar-refractivity contribution in [2.45, 2.75) is 4.90 Å². The zero-order chi connectivity index (χ0) is 12.5. The van der Waals surface area contributed by atoms with E-state index >= 15 is 0 Å². The van der Waals surface area contributed by atoms with Crippen molar-refractivity contribution < 1.29 is 8.42 Å². The third-order valence-electron chi connectivity index (χ3n) is 2.55. The molecule has 0 atom stereocenters. The fourth-order valence-electron chi connectivity index (χ4n) is 1.74. The fourth-order valence-corrected chi connectivity index (χ4v) is 3.57. The average molecular weight is 270 g/mol. The lowest BCUT2D eigenvalue weighted by Gasteiger charge is -2.07. The Balaban J connectivity index is 2.74. The summed E-state index contributed by atoms with van der Waals surface area (Å²) in [5.41, 5.74) is 6.24. The molecule has 0 heterocycles. The molecule has 0 amide bonds. The first kappa shape index (κ1) is 12.2. The van der Waals surface area contributed by atoms with Crippen molar-refractivity contribution in [1.82, 2.24) is 0 Å². The Morgan fingerprint density at radius 2 is 1.94 bits per heavy atom. The summed E-state index contributed by atoms with van der Waals surface area (Å²) in [6.07, 6.45) is 0. The third kappa shape index (κ3) is 2.37. The summed E-state index contributed by atoms with van der Waals surface area (Å²) in [6, 6.07) is 10.4. The van der Waals surface area contributed by atoms with Crippen molar-refractivity contribution in [2.75, 3.05) is 17.4 Å². The Morgan fingerprint density at radius 1 is 1.18 bits per heavy atom. The van der Waals surface area contributed by atoms with Gasteiger partial charge in [0.15, 0.2) is 9.84 Å². The molecule has 2 aromatic rings. The fraction of sp³-hybridized carbons (Fsp3) is 0.167. The highest BCUT2D eigenvalue weighted by atomic mass is 35.5. The molecule has 0 spiro atoms. The Hall–Kier alpha value is -1.26. The van der Waals surface area contributed by atoms with Gasteiger partial charge in [-0.25, -0.2) is 8.42 Å². The van der Waals surface area contributed by atoms with Crippen molar-refractivity contribution >= 4 is 37.9 Å². The maximum absolute atomic E-state index is 12.0. The molecule has 0 aliphatic carbocycles. The quantitative estimate of drug-likeness (QED) is 0.688. The molecule has 0 saturated heterocycles. The number of benzene rings is 2. The topological polar surface area (TPSA) is 60.2 Å². The number of nitrogens with two attached hydrogens (primary N) is 1. The monoisotopic (exact) mass is 269 g/mol. The second-order valence-corrected chi connectivity index (χ2v) is 6.20. The zero-order valence-corrected chi connectivity index (χ0v) is 10.6. The molecule has 5 heteroatoms. The highest BCUT2D eigenvalue weighted by molar-refractivity contribution is 7.91. The molecule has 0 aromatic heterocycles. The normalized spacial score (nSPS) is 11.8. The molecule has 0 radical (unpaired) electrons. The first-order valence-corrected chi connectivity index (χ1v) is 7.30. The number of alkyl halides is 1. The lowest BCUT2D eigenvalue weighted by atomic mass is 10.1. The summed E-state index contributed by atoms with van der Waals surface area (Å²) in [4.78, 5) is 0.294.